The maximum absolute atomic E-state index is 11.4. The molecule has 3 nitrogen and oxygen atoms in total. The van der Waals surface area contributed by atoms with E-state index in [4.69, 9.17) is 10.8 Å². The predicted octanol–water partition coefficient (Wildman–Crippen LogP) is 0.180. The molecule has 0 saturated heterocycles. The van der Waals surface area contributed by atoms with Gasteiger partial charge in [-0.25, -0.2) is 4.39 Å². The van der Waals surface area contributed by atoms with Crippen molar-refractivity contribution >= 4 is 18.4 Å². The van der Waals surface area contributed by atoms with E-state index in [1.165, 1.54) is 0 Å². The fraction of sp³-hybridized carbons (Fsp3) is 0.750. The smallest absolute Gasteiger partial charge is 0.305 e. The van der Waals surface area contributed by atoms with Gasteiger partial charge in [0.2, 0.25) is 0 Å². The summed E-state index contributed by atoms with van der Waals surface area (Å²) in [6.07, 6.45) is -0.295. The fourth-order valence-corrected chi connectivity index (χ4v) is 0.279. The molecule has 0 rings (SSSR count). The largest absolute Gasteiger partial charge is 0.481 e. The van der Waals surface area contributed by atoms with Crippen LogP contribution in [0.15, 0.2) is 0 Å². The van der Waals surface area contributed by atoms with Crippen LogP contribution in [0.4, 0.5) is 4.39 Å². The van der Waals surface area contributed by atoms with E-state index in [9.17, 15) is 9.18 Å². The van der Waals surface area contributed by atoms with Gasteiger partial charge in [-0.2, -0.15) is 0 Å². The number of aliphatic carboxylic acids is 1. The van der Waals surface area contributed by atoms with Gasteiger partial charge in [-0.3, -0.25) is 4.79 Å². The van der Waals surface area contributed by atoms with Gasteiger partial charge in [-0.1, -0.05) is 0 Å². The minimum Gasteiger partial charge on any atom is -0.481 e. The monoisotopic (exact) mass is 157 g/mol. The summed E-state index contributed by atoms with van der Waals surface area (Å²) in [5.74, 6) is -1.06. The van der Waals surface area contributed by atoms with E-state index < -0.39 is 18.7 Å². The lowest BCUT2D eigenvalue weighted by atomic mass is 10.2. The summed E-state index contributed by atoms with van der Waals surface area (Å²) in [6.45, 7) is -0.772. The number of hydrogen-bond acceptors (Lipinski definition) is 2. The maximum Gasteiger partial charge on any atom is 0.305 e. The van der Waals surface area contributed by atoms with Gasteiger partial charge in [0.25, 0.3) is 0 Å². The summed E-state index contributed by atoms with van der Waals surface area (Å²) >= 11 is 0. The molecule has 0 heterocycles. The van der Waals surface area contributed by atoms with E-state index in [1.807, 2.05) is 0 Å². The molecule has 0 fully saturated rings. The molecule has 1 atom stereocenters. The lowest BCUT2D eigenvalue weighted by Crippen LogP contribution is -2.25. The van der Waals surface area contributed by atoms with Gasteiger partial charge in [0, 0.05) is 6.04 Å². The molecule has 0 bridgehead atoms. The molecular formula is C4H9ClFNO2. The number of carboxylic acids is 1. The van der Waals surface area contributed by atoms with Crippen molar-refractivity contribution in [1.82, 2.24) is 0 Å². The van der Waals surface area contributed by atoms with Crippen molar-refractivity contribution in [2.75, 3.05) is 6.67 Å². The van der Waals surface area contributed by atoms with Crippen LogP contribution in [0.25, 0.3) is 0 Å². The van der Waals surface area contributed by atoms with Crippen LogP contribution in [0.5, 0.6) is 0 Å². The standard InChI is InChI=1S/C4H8FNO2.ClH/c5-2-3(6)1-4(7)8;/h3H,1-2,6H2,(H,7,8);1H/t3-;/m0./s1. The summed E-state index contributed by atoms with van der Waals surface area (Å²) in [4.78, 5) is 9.72. The third kappa shape index (κ3) is 7.65. The molecule has 0 spiro atoms. The summed E-state index contributed by atoms with van der Waals surface area (Å²) in [5.41, 5.74) is 4.92. The molecule has 0 aliphatic rings. The second-order valence-corrected chi connectivity index (χ2v) is 1.51. The molecule has 0 unspecified atom stereocenters. The lowest BCUT2D eigenvalue weighted by Gasteiger charge is -1.99. The molecule has 0 aromatic heterocycles. The van der Waals surface area contributed by atoms with Crippen molar-refractivity contribution in [1.29, 1.82) is 0 Å². The highest BCUT2D eigenvalue weighted by molar-refractivity contribution is 5.85. The van der Waals surface area contributed by atoms with Crippen molar-refractivity contribution in [2.45, 2.75) is 12.5 Å². The Morgan fingerprint density at radius 1 is 1.78 bits per heavy atom. The zero-order valence-electron chi connectivity index (χ0n) is 4.71. The predicted molar refractivity (Wildman–Crippen MR) is 33.5 cm³/mol. The number of carboxylic acid groups (broad SMARTS) is 1. The molecule has 0 radical (unpaired) electrons. The highest BCUT2D eigenvalue weighted by Gasteiger charge is 2.05. The van der Waals surface area contributed by atoms with Crippen LogP contribution in [-0.2, 0) is 4.79 Å². The second-order valence-electron chi connectivity index (χ2n) is 1.51. The van der Waals surface area contributed by atoms with E-state index in [0.717, 1.165) is 0 Å². The number of hydrogen-bond donors (Lipinski definition) is 2. The van der Waals surface area contributed by atoms with Crippen molar-refractivity contribution in [3.8, 4) is 0 Å². The quantitative estimate of drug-likeness (QED) is 0.614. The molecule has 0 aliphatic carbocycles. The molecule has 0 amide bonds. The summed E-state index contributed by atoms with van der Waals surface area (Å²) in [6, 6.07) is -0.840. The number of alkyl halides is 1. The molecule has 0 aromatic carbocycles. The van der Waals surface area contributed by atoms with Gasteiger partial charge >= 0.3 is 5.97 Å². The van der Waals surface area contributed by atoms with Gasteiger partial charge in [0.1, 0.15) is 6.67 Å². The van der Waals surface area contributed by atoms with Crippen LogP contribution in [-0.4, -0.2) is 23.8 Å². The van der Waals surface area contributed by atoms with Crippen LogP contribution in [0.2, 0.25) is 0 Å². The summed E-state index contributed by atoms with van der Waals surface area (Å²) in [7, 11) is 0. The first-order valence-electron chi connectivity index (χ1n) is 2.20. The zero-order chi connectivity index (χ0) is 6.57. The number of rotatable bonds is 3. The Balaban J connectivity index is 0. The maximum atomic E-state index is 11.4. The molecule has 3 N–H and O–H groups in total. The highest BCUT2D eigenvalue weighted by Crippen LogP contribution is 1.86. The summed E-state index contributed by atoms with van der Waals surface area (Å²) < 4.78 is 11.4. The highest BCUT2D eigenvalue weighted by atomic mass is 35.5. The lowest BCUT2D eigenvalue weighted by molar-refractivity contribution is -0.137. The van der Waals surface area contributed by atoms with E-state index in [1.54, 1.807) is 0 Å². The Kier molecular flexibility index (Phi) is 7.35. The SMILES string of the molecule is Cl.N[C@H](CF)CC(=O)O. The van der Waals surface area contributed by atoms with Crippen LogP contribution in [0, 0.1) is 0 Å². The van der Waals surface area contributed by atoms with Crippen molar-refractivity contribution in [2.24, 2.45) is 5.73 Å². The Morgan fingerprint density at radius 3 is 2.33 bits per heavy atom. The Labute approximate surface area is 58.4 Å². The van der Waals surface area contributed by atoms with Gasteiger partial charge in [-0.15, -0.1) is 12.4 Å². The average Bonchev–Trinajstić information content (AvgIpc) is 1.65. The van der Waals surface area contributed by atoms with Crippen molar-refractivity contribution in [3.05, 3.63) is 0 Å². The molecule has 5 heteroatoms. The first-order valence-corrected chi connectivity index (χ1v) is 2.20. The average molecular weight is 158 g/mol. The number of carbonyl (C=O) groups is 1. The molecule has 0 aromatic rings. The minimum absolute atomic E-state index is 0. The Bertz CT molecular complexity index is 90.6. The fourth-order valence-electron chi connectivity index (χ4n) is 0.279. The first kappa shape index (κ1) is 11.4. The van der Waals surface area contributed by atoms with Gasteiger partial charge < -0.3 is 10.8 Å². The van der Waals surface area contributed by atoms with Gasteiger partial charge in [-0.05, 0) is 0 Å². The van der Waals surface area contributed by atoms with Crippen LogP contribution >= 0.6 is 12.4 Å². The Hall–Kier alpha value is -0.350. The van der Waals surface area contributed by atoms with Crippen molar-refractivity contribution < 1.29 is 14.3 Å². The van der Waals surface area contributed by atoms with E-state index in [0.29, 0.717) is 0 Å². The van der Waals surface area contributed by atoms with Crippen LogP contribution < -0.4 is 5.73 Å². The molecule has 9 heavy (non-hydrogen) atoms. The minimum atomic E-state index is -1.06. The van der Waals surface area contributed by atoms with E-state index in [-0.39, 0.29) is 18.8 Å². The topological polar surface area (TPSA) is 63.3 Å². The molecule has 56 valence electrons. The molecular weight excluding hydrogens is 148 g/mol. The van der Waals surface area contributed by atoms with Crippen LogP contribution in [0.1, 0.15) is 6.42 Å². The van der Waals surface area contributed by atoms with E-state index in [2.05, 4.69) is 0 Å². The third-order valence-corrected chi connectivity index (χ3v) is 0.635. The number of halogens is 2. The van der Waals surface area contributed by atoms with Crippen molar-refractivity contribution in [3.63, 3.8) is 0 Å². The zero-order valence-corrected chi connectivity index (χ0v) is 5.53. The number of nitrogens with two attached hydrogens (primary N) is 1. The summed E-state index contributed by atoms with van der Waals surface area (Å²) in [5, 5.41) is 7.97. The first-order chi connectivity index (χ1) is 3.66. The molecule has 0 aliphatic heterocycles. The second kappa shape index (κ2) is 5.78. The Morgan fingerprint density at radius 2 is 2.22 bits per heavy atom. The molecule has 0 saturated carbocycles. The van der Waals surface area contributed by atoms with E-state index >= 15 is 0 Å². The third-order valence-electron chi connectivity index (χ3n) is 0.635. The van der Waals surface area contributed by atoms with Crippen LogP contribution in [0.3, 0.4) is 0 Å². The van der Waals surface area contributed by atoms with Gasteiger partial charge in [0.05, 0.1) is 6.42 Å². The normalized spacial score (nSPS) is 11.8. The van der Waals surface area contributed by atoms with Gasteiger partial charge in [0.15, 0.2) is 0 Å².